The molecule has 1 heterocycles. The fraction of sp³-hybridized carbons (Fsp3) is 0.350. The zero-order chi connectivity index (χ0) is 21.7. The Bertz CT molecular complexity index is 1010. The van der Waals surface area contributed by atoms with Crippen LogP contribution in [0.4, 0.5) is 0 Å². The lowest BCUT2D eigenvalue weighted by Crippen LogP contribution is -2.51. The van der Waals surface area contributed by atoms with E-state index in [1.807, 2.05) is 0 Å². The summed E-state index contributed by atoms with van der Waals surface area (Å²) in [6, 6.07) is 11.4. The second kappa shape index (κ2) is 9.55. The first-order valence-corrected chi connectivity index (χ1v) is 11.1. The summed E-state index contributed by atoms with van der Waals surface area (Å²) in [6.07, 6.45) is 0. The van der Waals surface area contributed by atoms with E-state index in [0.717, 1.165) is 0 Å². The number of methoxy groups -OCH3 is 2. The van der Waals surface area contributed by atoms with Gasteiger partial charge in [0.1, 0.15) is 22.1 Å². The molecule has 0 unspecified atom stereocenters. The lowest BCUT2D eigenvalue weighted by Gasteiger charge is -2.34. The minimum absolute atomic E-state index is 0.0356. The number of amides is 1. The van der Waals surface area contributed by atoms with E-state index in [1.54, 1.807) is 41.3 Å². The number of ether oxygens (including phenoxy) is 3. The average molecular weight is 455 g/mol. The van der Waals surface area contributed by atoms with Crippen molar-refractivity contribution in [3.63, 3.8) is 0 Å². The second-order valence-electron chi connectivity index (χ2n) is 6.55. The van der Waals surface area contributed by atoms with Gasteiger partial charge in [-0.2, -0.15) is 4.31 Å². The number of nitrogens with zero attached hydrogens (tertiary/aromatic N) is 2. The van der Waals surface area contributed by atoms with Crippen molar-refractivity contribution in [2.45, 2.75) is 4.90 Å². The van der Waals surface area contributed by atoms with Gasteiger partial charge in [0.15, 0.2) is 6.61 Å². The Morgan fingerprint density at radius 1 is 1.00 bits per heavy atom. The number of benzene rings is 2. The van der Waals surface area contributed by atoms with Crippen LogP contribution < -0.4 is 14.2 Å². The Hall–Kier alpha value is -2.49. The zero-order valence-corrected chi connectivity index (χ0v) is 18.3. The molecule has 0 aromatic heterocycles. The van der Waals surface area contributed by atoms with Crippen molar-refractivity contribution in [1.29, 1.82) is 0 Å². The van der Waals surface area contributed by atoms with Gasteiger partial charge in [-0.05, 0) is 30.3 Å². The van der Waals surface area contributed by atoms with Gasteiger partial charge >= 0.3 is 0 Å². The Morgan fingerprint density at radius 2 is 1.73 bits per heavy atom. The third kappa shape index (κ3) is 4.97. The van der Waals surface area contributed by atoms with Crippen LogP contribution in [-0.2, 0) is 14.8 Å². The highest BCUT2D eigenvalue weighted by molar-refractivity contribution is 7.89. The number of sulfonamides is 1. The number of hydrogen-bond acceptors (Lipinski definition) is 6. The van der Waals surface area contributed by atoms with E-state index >= 15 is 0 Å². The van der Waals surface area contributed by atoms with Crippen molar-refractivity contribution < 1.29 is 27.4 Å². The quantitative estimate of drug-likeness (QED) is 0.638. The maximum Gasteiger partial charge on any atom is 0.260 e. The first-order valence-electron chi connectivity index (χ1n) is 9.23. The van der Waals surface area contributed by atoms with E-state index in [4.69, 9.17) is 25.8 Å². The van der Waals surface area contributed by atoms with Gasteiger partial charge in [0.25, 0.3) is 5.91 Å². The summed E-state index contributed by atoms with van der Waals surface area (Å²) >= 11 is 5.90. The fourth-order valence-electron chi connectivity index (χ4n) is 3.10. The maximum absolute atomic E-state index is 13.1. The minimum atomic E-state index is -3.80. The monoisotopic (exact) mass is 454 g/mol. The molecule has 1 fully saturated rings. The van der Waals surface area contributed by atoms with Crippen molar-refractivity contribution >= 4 is 27.5 Å². The standard InChI is InChI=1S/C20H23ClN2O6S/c1-27-16-6-7-18(28-2)19(13-16)30(25,26)23-10-8-22(9-11-23)20(24)14-29-17-5-3-4-15(21)12-17/h3-7,12-13H,8-11,14H2,1-2H3. The van der Waals surface area contributed by atoms with Crippen molar-refractivity contribution in [3.05, 3.63) is 47.5 Å². The molecule has 3 rings (SSSR count). The summed E-state index contributed by atoms with van der Waals surface area (Å²) < 4.78 is 43.4. The van der Waals surface area contributed by atoms with Gasteiger partial charge < -0.3 is 19.1 Å². The molecule has 0 saturated carbocycles. The van der Waals surface area contributed by atoms with Crippen LogP contribution in [0.1, 0.15) is 0 Å². The predicted molar refractivity (Wildman–Crippen MR) is 112 cm³/mol. The summed E-state index contributed by atoms with van der Waals surface area (Å²) in [4.78, 5) is 14.0. The van der Waals surface area contributed by atoms with Crippen molar-refractivity contribution in [3.8, 4) is 17.2 Å². The molecule has 1 aliphatic heterocycles. The first kappa shape index (κ1) is 22.2. The predicted octanol–water partition coefficient (Wildman–Crippen LogP) is 2.27. The number of carbonyl (C=O) groups is 1. The maximum atomic E-state index is 13.1. The van der Waals surface area contributed by atoms with Crippen LogP contribution in [-0.4, -0.2) is 70.5 Å². The van der Waals surface area contributed by atoms with Gasteiger partial charge in [-0.15, -0.1) is 0 Å². The highest BCUT2D eigenvalue weighted by Gasteiger charge is 2.32. The number of rotatable bonds is 7. The third-order valence-electron chi connectivity index (χ3n) is 4.74. The Kier molecular flexibility index (Phi) is 7.06. The van der Waals surface area contributed by atoms with Gasteiger partial charge in [-0.1, -0.05) is 17.7 Å². The third-order valence-corrected chi connectivity index (χ3v) is 6.89. The number of hydrogen-bond donors (Lipinski definition) is 0. The van der Waals surface area contributed by atoms with Gasteiger partial charge in [0, 0.05) is 37.3 Å². The highest BCUT2D eigenvalue weighted by Crippen LogP contribution is 2.31. The van der Waals surface area contributed by atoms with E-state index in [9.17, 15) is 13.2 Å². The van der Waals surface area contributed by atoms with Crippen LogP contribution in [0.2, 0.25) is 5.02 Å². The van der Waals surface area contributed by atoms with E-state index in [-0.39, 0.29) is 49.3 Å². The molecule has 10 heteroatoms. The van der Waals surface area contributed by atoms with Gasteiger partial charge in [0.2, 0.25) is 10.0 Å². The SMILES string of the molecule is COc1ccc(OC)c(S(=O)(=O)N2CCN(C(=O)COc3cccc(Cl)c3)CC2)c1. The molecule has 30 heavy (non-hydrogen) atoms. The Balaban J connectivity index is 1.62. The Labute approximate surface area is 180 Å². The van der Waals surface area contributed by atoms with E-state index in [0.29, 0.717) is 16.5 Å². The molecular weight excluding hydrogens is 432 g/mol. The van der Waals surface area contributed by atoms with Gasteiger partial charge in [-0.25, -0.2) is 8.42 Å². The second-order valence-corrected chi connectivity index (χ2v) is 8.89. The van der Waals surface area contributed by atoms with E-state index < -0.39 is 10.0 Å². The number of piperazine rings is 1. The van der Waals surface area contributed by atoms with Crippen LogP contribution in [0, 0.1) is 0 Å². The molecule has 0 radical (unpaired) electrons. The van der Waals surface area contributed by atoms with Crippen molar-refractivity contribution in [2.75, 3.05) is 47.0 Å². The molecule has 0 spiro atoms. The molecule has 2 aromatic rings. The number of carbonyl (C=O) groups excluding carboxylic acids is 1. The molecule has 162 valence electrons. The largest absolute Gasteiger partial charge is 0.497 e. The topological polar surface area (TPSA) is 85.4 Å². The lowest BCUT2D eigenvalue weighted by molar-refractivity contribution is -0.134. The minimum Gasteiger partial charge on any atom is -0.497 e. The summed E-state index contributed by atoms with van der Waals surface area (Å²) in [5.41, 5.74) is 0. The van der Waals surface area contributed by atoms with Gasteiger partial charge in [0.05, 0.1) is 14.2 Å². The lowest BCUT2D eigenvalue weighted by atomic mass is 10.3. The first-order chi connectivity index (χ1) is 14.3. The van der Waals surface area contributed by atoms with Crippen molar-refractivity contribution in [2.24, 2.45) is 0 Å². The van der Waals surface area contributed by atoms with Crippen LogP contribution >= 0.6 is 11.6 Å². The molecule has 1 saturated heterocycles. The van der Waals surface area contributed by atoms with Crippen LogP contribution in [0.15, 0.2) is 47.4 Å². The van der Waals surface area contributed by atoms with Crippen molar-refractivity contribution in [1.82, 2.24) is 9.21 Å². The fourth-order valence-corrected chi connectivity index (χ4v) is 4.87. The normalized spacial score (nSPS) is 15.0. The van der Waals surface area contributed by atoms with Crippen LogP contribution in [0.3, 0.4) is 0 Å². The molecule has 1 amide bonds. The summed E-state index contributed by atoms with van der Waals surface area (Å²) in [5.74, 6) is 0.943. The molecule has 0 aliphatic carbocycles. The Morgan fingerprint density at radius 3 is 2.37 bits per heavy atom. The molecular formula is C20H23ClN2O6S. The highest BCUT2D eigenvalue weighted by atomic mass is 35.5. The number of halogens is 1. The molecule has 2 aromatic carbocycles. The molecule has 1 aliphatic rings. The van der Waals surface area contributed by atoms with Gasteiger partial charge in [-0.3, -0.25) is 4.79 Å². The molecule has 0 bridgehead atoms. The van der Waals surface area contributed by atoms with E-state index in [1.165, 1.54) is 24.6 Å². The summed E-state index contributed by atoms with van der Waals surface area (Å²) in [7, 11) is -0.922. The van der Waals surface area contributed by atoms with E-state index in [2.05, 4.69) is 0 Å². The summed E-state index contributed by atoms with van der Waals surface area (Å²) in [5, 5.41) is 0.520. The summed E-state index contributed by atoms with van der Waals surface area (Å²) in [6.45, 7) is 0.737. The average Bonchev–Trinajstić information content (AvgIpc) is 2.77. The zero-order valence-electron chi connectivity index (χ0n) is 16.7. The van der Waals surface area contributed by atoms with Crippen LogP contribution in [0.5, 0.6) is 17.2 Å². The van der Waals surface area contributed by atoms with Crippen LogP contribution in [0.25, 0.3) is 0 Å². The smallest absolute Gasteiger partial charge is 0.260 e. The molecule has 0 N–H and O–H groups in total. The molecule has 8 nitrogen and oxygen atoms in total. The molecule has 0 atom stereocenters.